The lowest BCUT2D eigenvalue weighted by atomic mass is 9.81. The van der Waals surface area contributed by atoms with Gasteiger partial charge >= 0.3 is 0 Å². The van der Waals surface area contributed by atoms with Crippen molar-refractivity contribution >= 4 is 28.8 Å². The van der Waals surface area contributed by atoms with E-state index in [9.17, 15) is 4.79 Å². The Morgan fingerprint density at radius 3 is 2.19 bits per heavy atom. The van der Waals surface area contributed by atoms with Gasteiger partial charge in [0.1, 0.15) is 5.82 Å². The average molecular weight is 406 g/mol. The highest BCUT2D eigenvalue weighted by Gasteiger charge is 2.41. The number of anilines is 4. The molecule has 2 heterocycles. The summed E-state index contributed by atoms with van der Waals surface area (Å²) in [5.74, 6) is 0.770. The first kappa shape index (κ1) is 19.1. The number of para-hydroxylation sites is 3. The number of fused-ring (bicyclic) bond motifs is 3. The molecular formula is C27H23N3O. The van der Waals surface area contributed by atoms with Gasteiger partial charge in [0, 0.05) is 23.1 Å². The fraction of sp³-hybridized carbons (Fsp3) is 0.111. The number of amides is 1. The van der Waals surface area contributed by atoms with E-state index in [0.717, 1.165) is 39.6 Å². The molecule has 0 aliphatic carbocycles. The molecule has 0 radical (unpaired) electrons. The third-order valence-electron chi connectivity index (χ3n) is 5.81. The molecule has 1 amide bonds. The third kappa shape index (κ3) is 3.26. The Labute approximate surface area is 182 Å². The number of hydrogen-bond acceptors (Lipinski definition) is 3. The van der Waals surface area contributed by atoms with Gasteiger partial charge in [-0.3, -0.25) is 9.69 Å². The lowest BCUT2D eigenvalue weighted by molar-refractivity contribution is -0.122. The number of pyridine rings is 1. The topological polar surface area (TPSA) is 45.2 Å². The number of benzene rings is 3. The van der Waals surface area contributed by atoms with E-state index < -0.39 is 5.41 Å². The summed E-state index contributed by atoms with van der Waals surface area (Å²) in [7, 11) is 0. The number of carbonyl (C=O) groups excluding carboxylic acids is 1. The Morgan fingerprint density at radius 1 is 0.806 bits per heavy atom. The minimum atomic E-state index is -0.748. The quantitative estimate of drug-likeness (QED) is 0.426. The Balaban J connectivity index is 1.71. The molecule has 0 unspecified atom stereocenters. The summed E-state index contributed by atoms with van der Waals surface area (Å²) in [6.45, 7) is 3.95. The van der Waals surface area contributed by atoms with Crippen LogP contribution < -0.4 is 10.2 Å². The predicted molar refractivity (Wildman–Crippen MR) is 126 cm³/mol. The van der Waals surface area contributed by atoms with Crippen LogP contribution in [0, 0.1) is 0 Å². The molecule has 1 aliphatic heterocycles. The summed E-state index contributed by atoms with van der Waals surface area (Å²) < 4.78 is 0. The van der Waals surface area contributed by atoms with Crippen LogP contribution >= 0.6 is 0 Å². The van der Waals surface area contributed by atoms with Crippen molar-refractivity contribution in [3.63, 3.8) is 0 Å². The van der Waals surface area contributed by atoms with Crippen molar-refractivity contribution in [2.75, 3.05) is 10.2 Å². The number of aromatic nitrogens is 1. The van der Waals surface area contributed by atoms with Gasteiger partial charge in [-0.25, -0.2) is 4.98 Å². The molecule has 4 nitrogen and oxygen atoms in total. The van der Waals surface area contributed by atoms with Crippen molar-refractivity contribution < 1.29 is 4.79 Å². The second-order valence-corrected chi connectivity index (χ2v) is 8.22. The normalized spacial score (nSPS) is 14.4. The van der Waals surface area contributed by atoms with E-state index in [2.05, 4.69) is 16.4 Å². The summed E-state index contributed by atoms with van der Waals surface area (Å²) in [5, 5.41) is 3.38. The summed E-state index contributed by atoms with van der Waals surface area (Å²) in [4.78, 5) is 20.3. The van der Waals surface area contributed by atoms with E-state index in [0.29, 0.717) is 0 Å². The van der Waals surface area contributed by atoms with Crippen LogP contribution in [0.5, 0.6) is 0 Å². The summed E-state index contributed by atoms with van der Waals surface area (Å²) in [5.41, 5.74) is 4.90. The molecule has 0 saturated heterocycles. The molecule has 0 bridgehead atoms. The highest BCUT2D eigenvalue weighted by Crippen LogP contribution is 2.46. The third-order valence-corrected chi connectivity index (χ3v) is 5.81. The highest BCUT2D eigenvalue weighted by molar-refractivity contribution is 6.11. The summed E-state index contributed by atoms with van der Waals surface area (Å²) in [6, 6.07) is 29.9. The summed E-state index contributed by atoms with van der Waals surface area (Å²) >= 11 is 0. The molecule has 4 aromatic rings. The number of nitrogens with zero attached hydrogens (tertiary/aromatic N) is 2. The molecule has 1 aromatic heterocycles. The minimum Gasteiger partial charge on any atom is -0.340 e. The van der Waals surface area contributed by atoms with Crippen molar-refractivity contribution in [3.05, 3.63) is 103 Å². The summed E-state index contributed by atoms with van der Waals surface area (Å²) in [6.07, 6.45) is 1.84. The van der Waals surface area contributed by atoms with Crippen LogP contribution in [-0.2, 0) is 10.2 Å². The van der Waals surface area contributed by atoms with Gasteiger partial charge in [0.25, 0.3) is 0 Å². The van der Waals surface area contributed by atoms with Gasteiger partial charge in [-0.1, -0.05) is 54.6 Å². The molecule has 0 spiro atoms. The van der Waals surface area contributed by atoms with Gasteiger partial charge in [-0.15, -0.1) is 0 Å². The van der Waals surface area contributed by atoms with Gasteiger partial charge in [-0.05, 0) is 61.4 Å². The average Bonchev–Trinajstić information content (AvgIpc) is 2.87. The van der Waals surface area contributed by atoms with Gasteiger partial charge in [0.15, 0.2) is 0 Å². The van der Waals surface area contributed by atoms with Gasteiger partial charge in [0.2, 0.25) is 5.91 Å². The van der Waals surface area contributed by atoms with E-state index in [1.54, 1.807) is 0 Å². The highest BCUT2D eigenvalue weighted by atomic mass is 16.2. The van der Waals surface area contributed by atoms with Crippen molar-refractivity contribution in [2.24, 2.45) is 0 Å². The fourth-order valence-corrected chi connectivity index (χ4v) is 4.15. The molecule has 0 atom stereocenters. The zero-order valence-corrected chi connectivity index (χ0v) is 17.5. The van der Waals surface area contributed by atoms with E-state index in [4.69, 9.17) is 0 Å². The number of rotatable bonds is 3. The number of nitrogens with one attached hydrogen (secondary N) is 1. The van der Waals surface area contributed by atoms with E-state index in [-0.39, 0.29) is 5.91 Å². The zero-order chi connectivity index (χ0) is 21.4. The molecule has 4 heteroatoms. The van der Waals surface area contributed by atoms with Gasteiger partial charge in [0.05, 0.1) is 11.1 Å². The molecule has 0 fully saturated rings. The van der Waals surface area contributed by atoms with Crippen molar-refractivity contribution in [1.29, 1.82) is 0 Å². The van der Waals surface area contributed by atoms with Crippen LogP contribution in [0.4, 0.5) is 22.9 Å². The van der Waals surface area contributed by atoms with Crippen LogP contribution in [0.3, 0.4) is 0 Å². The fourth-order valence-electron chi connectivity index (χ4n) is 4.15. The van der Waals surface area contributed by atoms with Crippen molar-refractivity contribution in [2.45, 2.75) is 19.3 Å². The first-order valence-electron chi connectivity index (χ1n) is 10.4. The molecule has 3 aromatic carbocycles. The molecule has 31 heavy (non-hydrogen) atoms. The lowest BCUT2D eigenvalue weighted by Crippen LogP contribution is -2.40. The SMILES string of the molecule is CC1(C)C(=O)N(c2ccccc2)c2ccccc2-c2cc(Nc3ccccc3)ncc21. The molecular weight excluding hydrogens is 382 g/mol. The second kappa shape index (κ2) is 7.40. The van der Waals surface area contributed by atoms with Gasteiger partial charge in [-0.2, -0.15) is 0 Å². The van der Waals surface area contributed by atoms with E-state index >= 15 is 0 Å². The first-order chi connectivity index (χ1) is 15.1. The van der Waals surface area contributed by atoms with Crippen LogP contribution in [0.25, 0.3) is 11.1 Å². The Kier molecular flexibility index (Phi) is 4.55. The molecule has 1 N–H and O–H groups in total. The van der Waals surface area contributed by atoms with Crippen LogP contribution in [0.15, 0.2) is 97.2 Å². The molecule has 152 valence electrons. The van der Waals surface area contributed by atoms with E-state index in [1.165, 1.54) is 0 Å². The maximum atomic E-state index is 13.9. The predicted octanol–water partition coefficient (Wildman–Crippen LogP) is 6.45. The smallest absolute Gasteiger partial charge is 0.241 e. The Bertz CT molecular complexity index is 1250. The molecule has 5 rings (SSSR count). The second-order valence-electron chi connectivity index (χ2n) is 8.22. The number of carbonyl (C=O) groups is 1. The first-order valence-corrected chi connectivity index (χ1v) is 10.4. The van der Waals surface area contributed by atoms with Crippen LogP contribution in [0.2, 0.25) is 0 Å². The lowest BCUT2D eigenvalue weighted by Gasteiger charge is -2.30. The standard InChI is InChI=1S/C27H23N3O/c1-27(2)23-18-28-25(29-19-11-5-3-6-12-19)17-22(23)21-15-9-10-16-24(21)30(26(27)31)20-13-7-4-8-14-20/h3-18H,1-2H3,(H,28,29). The maximum absolute atomic E-state index is 13.9. The largest absolute Gasteiger partial charge is 0.340 e. The van der Waals surface area contributed by atoms with Crippen molar-refractivity contribution in [3.8, 4) is 11.1 Å². The maximum Gasteiger partial charge on any atom is 0.241 e. The molecule has 0 saturated carbocycles. The van der Waals surface area contributed by atoms with Crippen LogP contribution in [-0.4, -0.2) is 10.9 Å². The van der Waals surface area contributed by atoms with E-state index in [1.807, 2.05) is 110 Å². The Morgan fingerprint density at radius 2 is 1.45 bits per heavy atom. The Hall–Kier alpha value is -3.92. The van der Waals surface area contributed by atoms with Crippen LogP contribution in [0.1, 0.15) is 19.4 Å². The zero-order valence-electron chi connectivity index (χ0n) is 17.5. The minimum absolute atomic E-state index is 0.0236. The van der Waals surface area contributed by atoms with Gasteiger partial charge < -0.3 is 5.32 Å². The number of hydrogen-bond donors (Lipinski definition) is 1. The monoisotopic (exact) mass is 405 g/mol. The van der Waals surface area contributed by atoms with Crippen molar-refractivity contribution in [1.82, 2.24) is 4.98 Å². The molecule has 1 aliphatic rings.